The standard InChI is InChI=1S/C18H12N4OS/c23-17(12-4-7-19-8-5-12)21-14-3-1-2-13(10-14)18-22-15-6-9-20-11-16(15)24-18/h1-11H,(H,21,23). The summed E-state index contributed by atoms with van der Waals surface area (Å²) in [6, 6.07) is 12.9. The molecule has 0 fully saturated rings. The van der Waals surface area contributed by atoms with Crippen molar-refractivity contribution in [2.45, 2.75) is 0 Å². The second-order valence-electron chi connectivity index (χ2n) is 5.13. The molecule has 4 aromatic rings. The number of carbonyl (C=O) groups is 1. The third-order valence-electron chi connectivity index (χ3n) is 3.50. The highest BCUT2D eigenvalue weighted by atomic mass is 32.1. The Morgan fingerprint density at radius 3 is 2.67 bits per heavy atom. The van der Waals surface area contributed by atoms with Crippen molar-refractivity contribution in [3.8, 4) is 10.6 Å². The molecular weight excluding hydrogens is 320 g/mol. The third-order valence-corrected chi connectivity index (χ3v) is 4.56. The fourth-order valence-corrected chi connectivity index (χ4v) is 3.27. The highest BCUT2D eigenvalue weighted by molar-refractivity contribution is 7.21. The van der Waals surface area contributed by atoms with E-state index in [9.17, 15) is 4.79 Å². The molecule has 1 N–H and O–H groups in total. The van der Waals surface area contributed by atoms with Crippen molar-refractivity contribution in [3.63, 3.8) is 0 Å². The van der Waals surface area contributed by atoms with Gasteiger partial charge in [0.15, 0.2) is 0 Å². The first-order valence-corrected chi connectivity index (χ1v) is 8.13. The molecule has 3 heterocycles. The lowest BCUT2D eigenvalue weighted by Crippen LogP contribution is -2.11. The maximum absolute atomic E-state index is 12.2. The van der Waals surface area contributed by atoms with Crippen molar-refractivity contribution in [2.75, 3.05) is 5.32 Å². The minimum absolute atomic E-state index is 0.164. The van der Waals surface area contributed by atoms with E-state index in [0.29, 0.717) is 5.56 Å². The summed E-state index contributed by atoms with van der Waals surface area (Å²) in [6.07, 6.45) is 6.74. The Bertz CT molecular complexity index is 981. The van der Waals surface area contributed by atoms with Crippen LogP contribution in [-0.4, -0.2) is 20.9 Å². The zero-order valence-corrected chi connectivity index (χ0v) is 13.3. The number of carbonyl (C=O) groups excluding carboxylic acids is 1. The zero-order chi connectivity index (χ0) is 16.4. The minimum Gasteiger partial charge on any atom is -0.322 e. The molecule has 24 heavy (non-hydrogen) atoms. The molecule has 3 aromatic heterocycles. The summed E-state index contributed by atoms with van der Waals surface area (Å²) in [5.41, 5.74) is 3.19. The Kier molecular flexibility index (Phi) is 3.72. The van der Waals surface area contributed by atoms with Crippen LogP contribution >= 0.6 is 11.3 Å². The number of nitrogens with zero attached hydrogens (tertiary/aromatic N) is 3. The third kappa shape index (κ3) is 2.87. The quantitative estimate of drug-likeness (QED) is 0.615. The molecular formula is C18H12N4OS. The predicted molar refractivity (Wildman–Crippen MR) is 95.0 cm³/mol. The number of amides is 1. The SMILES string of the molecule is O=C(Nc1cccc(-c2nc3ccncc3s2)c1)c1ccncc1. The topological polar surface area (TPSA) is 67.8 Å². The molecule has 0 saturated heterocycles. The maximum Gasteiger partial charge on any atom is 0.255 e. The molecule has 0 saturated carbocycles. The van der Waals surface area contributed by atoms with Crippen LogP contribution in [0.3, 0.4) is 0 Å². The van der Waals surface area contributed by atoms with Crippen LogP contribution < -0.4 is 5.32 Å². The van der Waals surface area contributed by atoms with Crippen molar-refractivity contribution in [2.24, 2.45) is 0 Å². The first-order valence-electron chi connectivity index (χ1n) is 7.32. The van der Waals surface area contributed by atoms with E-state index in [0.717, 1.165) is 26.5 Å². The highest BCUT2D eigenvalue weighted by Crippen LogP contribution is 2.30. The van der Waals surface area contributed by atoms with Gasteiger partial charge in [-0.15, -0.1) is 11.3 Å². The molecule has 116 valence electrons. The van der Waals surface area contributed by atoms with Gasteiger partial charge in [-0.1, -0.05) is 12.1 Å². The van der Waals surface area contributed by atoms with Crippen LogP contribution in [0.4, 0.5) is 5.69 Å². The summed E-state index contributed by atoms with van der Waals surface area (Å²) in [5, 5.41) is 3.80. The van der Waals surface area contributed by atoms with Crippen molar-refractivity contribution in [1.29, 1.82) is 0 Å². The van der Waals surface area contributed by atoms with Crippen molar-refractivity contribution in [1.82, 2.24) is 15.0 Å². The molecule has 0 aliphatic rings. The van der Waals surface area contributed by atoms with Crippen molar-refractivity contribution >= 4 is 33.1 Å². The number of fused-ring (bicyclic) bond motifs is 1. The number of rotatable bonds is 3. The van der Waals surface area contributed by atoms with E-state index in [4.69, 9.17) is 0 Å². The van der Waals surface area contributed by atoms with Gasteiger partial charge in [-0.3, -0.25) is 14.8 Å². The molecule has 0 unspecified atom stereocenters. The van der Waals surface area contributed by atoms with Gasteiger partial charge < -0.3 is 5.32 Å². The summed E-state index contributed by atoms with van der Waals surface area (Å²) >= 11 is 1.58. The number of nitrogens with one attached hydrogen (secondary N) is 1. The Hall–Kier alpha value is -3.12. The average molecular weight is 332 g/mol. The first-order chi connectivity index (χ1) is 11.8. The largest absolute Gasteiger partial charge is 0.322 e. The predicted octanol–water partition coefficient (Wildman–Crippen LogP) is 4.01. The van der Waals surface area contributed by atoms with Gasteiger partial charge in [0.1, 0.15) is 5.01 Å². The van der Waals surface area contributed by atoms with Gasteiger partial charge in [-0.25, -0.2) is 4.98 Å². The molecule has 0 atom stereocenters. The van der Waals surface area contributed by atoms with Gasteiger partial charge in [0, 0.05) is 41.6 Å². The van der Waals surface area contributed by atoms with Crippen LogP contribution in [0, 0.1) is 0 Å². The minimum atomic E-state index is -0.164. The normalized spacial score (nSPS) is 10.7. The lowest BCUT2D eigenvalue weighted by molar-refractivity contribution is 0.102. The van der Waals surface area contributed by atoms with Crippen LogP contribution in [0.1, 0.15) is 10.4 Å². The highest BCUT2D eigenvalue weighted by Gasteiger charge is 2.09. The second kappa shape index (κ2) is 6.17. The molecule has 1 amide bonds. The first kappa shape index (κ1) is 14.5. The van der Waals surface area contributed by atoms with E-state index in [1.54, 1.807) is 42.1 Å². The summed E-state index contributed by atoms with van der Waals surface area (Å²) < 4.78 is 1.04. The van der Waals surface area contributed by atoms with Crippen molar-refractivity contribution < 1.29 is 4.79 Å². The summed E-state index contributed by atoms with van der Waals surface area (Å²) in [4.78, 5) is 24.9. The molecule has 0 radical (unpaired) electrons. The molecule has 4 rings (SSSR count). The number of benzene rings is 1. The summed E-state index contributed by atoms with van der Waals surface area (Å²) in [7, 11) is 0. The van der Waals surface area contributed by atoms with Crippen LogP contribution in [-0.2, 0) is 0 Å². The van der Waals surface area contributed by atoms with Gasteiger partial charge in [-0.05, 0) is 30.3 Å². The fraction of sp³-hybridized carbons (Fsp3) is 0. The second-order valence-corrected chi connectivity index (χ2v) is 6.16. The molecule has 0 spiro atoms. The van der Waals surface area contributed by atoms with E-state index in [1.165, 1.54) is 0 Å². The monoisotopic (exact) mass is 332 g/mol. The molecule has 0 aliphatic carbocycles. The van der Waals surface area contributed by atoms with Crippen LogP contribution in [0.15, 0.2) is 67.3 Å². The van der Waals surface area contributed by atoms with Gasteiger partial charge in [-0.2, -0.15) is 0 Å². The van der Waals surface area contributed by atoms with Crippen molar-refractivity contribution in [3.05, 3.63) is 72.8 Å². The summed E-state index contributed by atoms with van der Waals surface area (Å²) in [6.45, 7) is 0. The molecule has 0 bridgehead atoms. The fourth-order valence-electron chi connectivity index (χ4n) is 2.34. The maximum atomic E-state index is 12.2. The van der Waals surface area contributed by atoms with E-state index >= 15 is 0 Å². The Morgan fingerprint density at radius 2 is 1.83 bits per heavy atom. The Morgan fingerprint density at radius 1 is 1.00 bits per heavy atom. The Labute approximate surface area is 142 Å². The van der Waals surface area contributed by atoms with E-state index in [-0.39, 0.29) is 5.91 Å². The zero-order valence-electron chi connectivity index (χ0n) is 12.5. The summed E-state index contributed by atoms with van der Waals surface area (Å²) in [5.74, 6) is -0.164. The number of pyridine rings is 2. The van der Waals surface area contributed by atoms with E-state index < -0.39 is 0 Å². The van der Waals surface area contributed by atoms with Gasteiger partial charge in [0.2, 0.25) is 0 Å². The molecule has 5 nitrogen and oxygen atoms in total. The molecule has 1 aromatic carbocycles. The van der Waals surface area contributed by atoms with Gasteiger partial charge >= 0.3 is 0 Å². The number of aromatic nitrogens is 3. The van der Waals surface area contributed by atoms with E-state index in [1.807, 2.05) is 36.5 Å². The molecule has 6 heteroatoms. The molecule has 0 aliphatic heterocycles. The number of thiazole rings is 1. The number of hydrogen-bond donors (Lipinski definition) is 1. The number of anilines is 1. The van der Waals surface area contributed by atoms with Gasteiger partial charge in [0.05, 0.1) is 10.2 Å². The van der Waals surface area contributed by atoms with Crippen LogP contribution in [0.5, 0.6) is 0 Å². The number of hydrogen-bond acceptors (Lipinski definition) is 5. The average Bonchev–Trinajstić information content (AvgIpc) is 3.07. The smallest absolute Gasteiger partial charge is 0.255 e. The van der Waals surface area contributed by atoms with Crippen LogP contribution in [0.2, 0.25) is 0 Å². The van der Waals surface area contributed by atoms with E-state index in [2.05, 4.69) is 20.3 Å². The lowest BCUT2D eigenvalue weighted by atomic mass is 10.2. The lowest BCUT2D eigenvalue weighted by Gasteiger charge is -2.06. The Balaban J connectivity index is 1.63. The van der Waals surface area contributed by atoms with Gasteiger partial charge in [0.25, 0.3) is 5.91 Å². The van der Waals surface area contributed by atoms with Crippen LogP contribution in [0.25, 0.3) is 20.8 Å².